The molecule has 0 bridgehead atoms. The first kappa shape index (κ1) is 13.5. The maximum Gasteiger partial charge on any atom is 0.0656 e. The number of benzene rings is 1. The number of nitrogens with one attached hydrogen (secondary N) is 1. The van der Waals surface area contributed by atoms with Crippen LogP contribution in [0.15, 0.2) is 40.2 Å². The molecular formula is C12H12BrIN2S. The van der Waals surface area contributed by atoms with Crippen LogP contribution in [0.25, 0.3) is 0 Å². The number of hydrogen-bond donors (Lipinski definition) is 2. The Morgan fingerprint density at radius 3 is 2.59 bits per heavy atom. The third-order valence-electron chi connectivity index (χ3n) is 2.54. The Hall–Kier alpha value is 0.0500. The van der Waals surface area contributed by atoms with E-state index < -0.39 is 0 Å². The molecule has 1 atom stereocenters. The lowest BCUT2D eigenvalue weighted by Gasteiger charge is -2.14. The molecule has 1 unspecified atom stereocenters. The van der Waals surface area contributed by atoms with Gasteiger partial charge in [-0.25, -0.2) is 0 Å². The maximum absolute atomic E-state index is 5.63. The largest absolute Gasteiger partial charge is 0.271 e. The standard InChI is InChI=1S/C12H12BrIN2S/c13-10-3-1-8(2-4-10)5-11(16-15)9-6-12(14)17-7-9/h1-4,6-7,11,16H,5,15H2. The second-order valence-electron chi connectivity index (χ2n) is 3.73. The predicted molar refractivity (Wildman–Crippen MR) is 84.9 cm³/mol. The van der Waals surface area contributed by atoms with E-state index in [0.29, 0.717) is 0 Å². The molecule has 17 heavy (non-hydrogen) atoms. The molecule has 5 heteroatoms. The van der Waals surface area contributed by atoms with Crippen molar-refractivity contribution in [2.75, 3.05) is 0 Å². The fraction of sp³-hybridized carbons (Fsp3) is 0.167. The predicted octanol–water partition coefficient (Wildman–Crippen LogP) is 3.86. The van der Waals surface area contributed by atoms with E-state index in [0.717, 1.165) is 10.9 Å². The normalized spacial score (nSPS) is 12.6. The number of hydrazine groups is 1. The summed E-state index contributed by atoms with van der Waals surface area (Å²) in [5.74, 6) is 5.63. The van der Waals surface area contributed by atoms with Crippen LogP contribution in [-0.2, 0) is 6.42 Å². The molecule has 3 N–H and O–H groups in total. The summed E-state index contributed by atoms with van der Waals surface area (Å²) in [7, 11) is 0. The second-order valence-corrected chi connectivity index (χ2v) is 7.46. The van der Waals surface area contributed by atoms with E-state index in [9.17, 15) is 0 Å². The molecule has 0 aliphatic rings. The second kappa shape index (κ2) is 6.29. The van der Waals surface area contributed by atoms with Crippen molar-refractivity contribution in [1.82, 2.24) is 5.43 Å². The number of halogens is 2. The number of rotatable bonds is 4. The van der Waals surface area contributed by atoms with Crippen molar-refractivity contribution in [3.8, 4) is 0 Å². The van der Waals surface area contributed by atoms with Gasteiger partial charge in [0, 0.05) is 4.47 Å². The molecule has 0 aliphatic carbocycles. The molecule has 0 amide bonds. The van der Waals surface area contributed by atoms with Crippen molar-refractivity contribution in [1.29, 1.82) is 0 Å². The Labute approximate surface area is 127 Å². The molecule has 1 aromatic heterocycles. The number of nitrogens with two attached hydrogens (primary N) is 1. The highest BCUT2D eigenvalue weighted by Crippen LogP contribution is 2.25. The molecule has 0 saturated heterocycles. The zero-order chi connectivity index (χ0) is 12.3. The molecule has 0 fully saturated rings. The third kappa shape index (κ3) is 3.75. The Morgan fingerprint density at radius 1 is 1.35 bits per heavy atom. The topological polar surface area (TPSA) is 38.0 Å². The van der Waals surface area contributed by atoms with E-state index >= 15 is 0 Å². The van der Waals surface area contributed by atoms with Crippen molar-refractivity contribution >= 4 is 49.9 Å². The van der Waals surface area contributed by atoms with Gasteiger partial charge >= 0.3 is 0 Å². The molecule has 0 spiro atoms. The van der Waals surface area contributed by atoms with Gasteiger partial charge < -0.3 is 0 Å². The summed E-state index contributed by atoms with van der Waals surface area (Å²) in [6.45, 7) is 0. The summed E-state index contributed by atoms with van der Waals surface area (Å²) >= 11 is 7.51. The average molecular weight is 423 g/mol. The number of thiophene rings is 1. The summed E-state index contributed by atoms with van der Waals surface area (Å²) < 4.78 is 2.39. The monoisotopic (exact) mass is 422 g/mol. The quantitative estimate of drug-likeness (QED) is 0.446. The lowest BCUT2D eigenvalue weighted by atomic mass is 10.0. The highest BCUT2D eigenvalue weighted by atomic mass is 127. The van der Waals surface area contributed by atoms with Gasteiger partial charge in [-0.15, -0.1) is 11.3 Å². The Bertz CT molecular complexity index is 484. The van der Waals surface area contributed by atoms with Crippen molar-refractivity contribution in [2.45, 2.75) is 12.5 Å². The van der Waals surface area contributed by atoms with Gasteiger partial charge in [0.15, 0.2) is 0 Å². The molecule has 0 radical (unpaired) electrons. The van der Waals surface area contributed by atoms with Crippen LogP contribution in [-0.4, -0.2) is 0 Å². The molecule has 2 nitrogen and oxygen atoms in total. The molecular weight excluding hydrogens is 411 g/mol. The smallest absolute Gasteiger partial charge is 0.0656 e. The van der Waals surface area contributed by atoms with Crippen molar-refractivity contribution in [3.05, 3.63) is 54.2 Å². The van der Waals surface area contributed by atoms with Crippen LogP contribution in [0.3, 0.4) is 0 Å². The van der Waals surface area contributed by atoms with Crippen LogP contribution in [0.4, 0.5) is 0 Å². The van der Waals surface area contributed by atoms with Gasteiger partial charge in [-0.05, 0) is 63.7 Å². The van der Waals surface area contributed by atoms with Gasteiger partial charge in [-0.1, -0.05) is 28.1 Å². The lowest BCUT2D eigenvalue weighted by Crippen LogP contribution is -2.29. The molecule has 0 saturated carbocycles. The van der Waals surface area contributed by atoms with Gasteiger partial charge in [0.2, 0.25) is 0 Å². The van der Waals surface area contributed by atoms with Gasteiger partial charge in [0.05, 0.1) is 8.93 Å². The van der Waals surface area contributed by atoms with E-state index in [1.807, 2.05) is 0 Å². The minimum atomic E-state index is 0.177. The van der Waals surface area contributed by atoms with E-state index in [1.165, 1.54) is 14.0 Å². The van der Waals surface area contributed by atoms with Crippen LogP contribution in [0.2, 0.25) is 0 Å². The fourth-order valence-corrected chi connectivity index (χ4v) is 3.33. The molecule has 2 rings (SSSR count). The molecule has 1 heterocycles. The van der Waals surface area contributed by atoms with Crippen LogP contribution >= 0.6 is 49.9 Å². The first-order valence-electron chi connectivity index (χ1n) is 5.13. The third-order valence-corrected chi connectivity index (χ3v) is 4.88. The Kier molecular flexibility index (Phi) is 4.98. The summed E-state index contributed by atoms with van der Waals surface area (Å²) in [5.41, 5.74) is 5.42. The van der Waals surface area contributed by atoms with Crippen molar-refractivity contribution in [2.24, 2.45) is 5.84 Å². The summed E-state index contributed by atoms with van der Waals surface area (Å²) in [6.07, 6.45) is 0.899. The van der Waals surface area contributed by atoms with E-state index in [-0.39, 0.29) is 6.04 Å². The zero-order valence-electron chi connectivity index (χ0n) is 8.99. The lowest BCUT2D eigenvalue weighted by molar-refractivity contribution is 0.553. The molecule has 90 valence electrons. The van der Waals surface area contributed by atoms with E-state index in [4.69, 9.17) is 5.84 Å². The highest BCUT2D eigenvalue weighted by molar-refractivity contribution is 14.1. The first-order valence-corrected chi connectivity index (χ1v) is 7.88. The summed E-state index contributed by atoms with van der Waals surface area (Å²) in [6, 6.07) is 10.7. The van der Waals surface area contributed by atoms with Crippen LogP contribution in [0.5, 0.6) is 0 Å². The van der Waals surface area contributed by atoms with Gasteiger partial charge in [-0.3, -0.25) is 11.3 Å². The Morgan fingerprint density at radius 2 is 2.06 bits per heavy atom. The SMILES string of the molecule is NNC(Cc1ccc(Br)cc1)c1csc(I)c1. The van der Waals surface area contributed by atoms with Crippen LogP contribution < -0.4 is 11.3 Å². The average Bonchev–Trinajstić information content (AvgIpc) is 2.75. The molecule has 1 aromatic carbocycles. The highest BCUT2D eigenvalue weighted by Gasteiger charge is 2.12. The Balaban J connectivity index is 2.12. The first-order chi connectivity index (χ1) is 8.19. The fourth-order valence-electron chi connectivity index (χ4n) is 1.64. The summed E-state index contributed by atoms with van der Waals surface area (Å²) in [4.78, 5) is 0. The minimum absolute atomic E-state index is 0.177. The van der Waals surface area contributed by atoms with Gasteiger partial charge in [0.1, 0.15) is 0 Å². The van der Waals surface area contributed by atoms with E-state index in [1.54, 1.807) is 11.3 Å². The van der Waals surface area contributed by atoms with Crippen LogP contribution in [0, 0.1) is 2.88 Å². The molecule has 2 aromatic rings. The van der Waals surface area contributed by atoms with Crippen molar-refractivity contribution in [3.63, 3.8) is 0 Å². The molecule has 0 aliphatic heterocycles. The van der Waals surface area contributed by atoms with Gasteiger partial charge in [0.25, 0.3) is 0 Å². The van der Waals surface area contributed by atoms with Crippen LogP contribution in [0.1, 0.15) is 17.2 Å². The van der Waals surface area contributed by atoms with Gasteiger partial charge in [-0.2, -0.15) is 0 Å². The van der Waals surface area contributed by atoms with E-state index in [2.05, 4.69) is 79.7 Å². The zero-order valence-corrected chi connectivity index (χ0v) is 13.6. The summed E-state index contributed by atoms with van der Waals surface area (Å²) in [5, 5.41) is 2.16. The number of hydrogen-bond acceptors (Lipinski definition) is 3. The minimum Gasteiger partial charge on any atom is -0.271 e. The van der Waals surface area contributed by atoms with Crippen molar-refractivity contribution < 1.29 is 0 Å². The maximum atomic E-state index is 5.63.